The summed E-state index contributed by atoms with van der Waals surface area (Å²) in [5, 5.41) is 12.1. The van der Waals surface area contributed by atoms with Crippen molar-refractivity contribution in [3.63, 3.8) is 0 Å². The van der Waals surface area contributed by atoms with Crippen molar-refractivity contribution in [1.29, 1.82) is 5.26 Å². The first-order chi connectivity index (χ1) is 21.9. The zero-order valence-electron chi connectivity index (χ0n) is 24.5. The number of hydrogen-bond donors (Lipinski definition) is 1. The van der Waals surface area contributed by atoms with Crippen LogP contribution in [0, 0.1) is 17.1 Å². The van der Waals surface area contributed by atoms with Crippen LogP contribution in [0.4, 0.5) is 4.39 Å². The van der Waals surface area contributed by atoms with Crippen LogP contribution in [0.2, 0.25) is 0 Å². The van der Waals surface area contributed by atoms with Crippen LogP contribution in [0.25, 0.3) is 10.8 Å². The van der Waals surface area contributed by atoms with E-state index in [0.717, 1.165) is 27.5 Å². The van der Waals surface area contributed by atoms with E-state index in [4.69, 9.17) is 24.7 Å². The van der Waals surface area contributed by atoms with Gasteiger partial charge in [-0.1, -0.05) is 66.7 Å². The topological polar surface area (TPSA) is 104 Å². The number of benzene rings is 5. The van der Waals surface area contributed by atoms with Gasteiger partial charge in [0.25, 0.3) is 0 Å². The van der Waals surface area contributed by atoms with E-state index in [1.807, 2.05) is 61.5 Å². The SMILES string of the molecule is CCOc1cc(C2C(C#N)=C(N)Oc3cc(OC(=O)Cc4cccc5ccccc45)ccc32)ccc1OCc1ccc(F)cc1. The summed E-state index contributed by atoms with van der Waals surface area (Å²) in [5.74, 6) is 0.320. The summed E-state index contributed by atoms with van der Waals surface area (Å²) in [6.07, 6.45) is 0.0956. The first-order valence-electron chi connectivity index (χ1n) is 14.5. The number of ether oxygens (including phenoxy) is 4. The molecule has 6 rings (SSSR count). The smallest absolute Gasteiger partial charge is 0.315 e. The first-order valence-corrected chi connectivity index (χ1v) is 14.5. The van der Waals surface area contributed by atoms with Crippen molar-refractivity contribution < 1.29 is 28.1 Å². The molecule has 0 aromatic heterocycles. The molecule has 0 spiro atoms. The Morgan fingerprint density at radius 1 is 0.933 bits per heavy atom. The second-order valence-corrected chi connectivity index (χ2v) is 10.5. The monoisotopic (exact) mass is 600 g/mol. The predicted octanol–water partition coefficient (Wildman–Crippen LogP) is 7.32. The van der Waals surface area contributed by atoms with Gasteiger partial charge in [-0.3, -0.25) is 4.79 Å². The highest BCUT2D eigenvalue weighted by Gasteiger charge is 2.32. The molecule has 7 nitrogen and oxygen atoms in total. The zero-order chi connectivity index (χ0) is 31.3. The van der Waals surface area contributed by atoms with Crippen LogP contribution in [-0.2, 0) is 17.8 Å². The van der Waals surface area contributed by atoms with Crippen molar-refractivity contribution >= 4 is 16.7 Å². The van der Waals surface area contributed by atoms with E-state index in [9.17, 15) is 14.4 Å². The third kappa shape index (κ3) is 6.29. The van der Waals surface area contributed by atoms with Crippen molar-refractivity contribution in [2.75, 3.05) is 6.61 Å². The number of nitrogens with two attached hydrogens (primary N) is 1. The lowest BCUT2D eigenvalue weighted by Crippen LogP contribution is -2.21. The number of allylic oxidation sites excluding steroid dienone is 1. The molecule has 45 heavy (non-hydrogen) atoms. The summed E-state index contributed by atoms with van der Waals surface area (Å²) < 4.78 is 36.7. The van der Waals surface area contributed by atoms with Crippen LogP contribution in [0.15, 0.2) is 115 Å². The molecule has 1 unspecified atom stereocenters. The van der Waals surface area contributed by atoms with Gasteiger partial charge in [0.1, 0.15) is 35.6 Å². The number of carbonyl (C=O) groups excluding carboxylic acids is 1. The lowest BCUT2D eigenvalue weighted by Gasteiger charge is -2.27. The van der Waals surface area contributed by atoms with Crippen LogP contribution >= 0.6 is 0 Å². The van der Waals surface area contributed by atoms with Gasteiger partial charge in [-0.05, 0) is 64.7 Å². The molecule has 5 aromatic rings. The van der Waals surface area contributed by atoms with E-state index in [-0.39, 0.29) is 30.3 Å². The molecule has 1 aliphatic heterocycles. The molecule has 2 N–H and O–H groups in total. The van der Waals surface area contributed by atoms with Gasteiger partial charge in [-0.15, -0.1) is 0 Å². The molecule has 1 heterocycles. The molecule has 0 fully saturated rings. The summed E-state index contributed by atoms with van der Waals surface area (Å²) in [5.41, 5.74) is 9.56. The summed E-state index contributed by atoms with van der Waals surface area (Å²) in [6, 6.07) is 32.4. The Kier molecular flexibility index (Phi) is 8.34. The average Bonchev–Trinajstić information content (AvgIpc) is 3.04. The van der Waals surface area contributed by atoms with Crippen molar-refractivity contribution in [2.24, 2.45) is 5.73 Å². The number of hydrogen-bond acceptors (Lipinski definition) is 7. The Bertz CT molecular complexity index is 1960. The molecule has 224 valence electrons. The van der Waals surface area contributed by atoms with E-state index in [1.54, 1.807) is 36.4 Å². The molecule has 0 amide bonds. The molecule has 1 atom stereocenters. The Balaban J connectivity index is 1.25. The van der Waals surface area contributed by atoms with E-state index < -0.39 is 11.9 Å². The summed E-state index contributed by atoms with van der Waals surface area (Å²) in [4.78, 5) is 12.9. The normalized spacial score (nSPS) is 13.8. The summed E-state index contributed by atoms with van der Waals surface area (Å²) in [6.45, 7) is 2.47. The van der Waals surface area contributed by atoms with Gasteiger partial charge >= 0.3 is 5.97 Å². The minimum Gasteiger partial charge on any atom is -0.490 e. The molecule has 0 aliphatic carbocycles. The fraction of sp³-hybridized carbons (Fsp3) is 0.135. The van der Waals surface area contributed by atoms with Gasteiger partial charge in [0.15, 0.2) is 11.5 Å². The van der Waals surface area contributed by atoms with E-state index in [1.165, 1.54) is 12.1 Å². The Hall–Kier alpha value is -5.81. The molecule has 0 bridgehead atoms. The maximum Gasteiger partial charge on any atom is 0.315 e. The summed E-state index contributed by atoms with van der Waals surface area (Å²) >= 11 is 0. The van der Waals surface area contributed by atoms with Crippen molar-refractivity contribution in [1.82, 2.24) is 0 Å². The number of esters is 1. The minimum absolute atomic E-state index is 0.0381. The number of halogens is 1. The predicted molar refractivity (Wildman–Crippen MR) is 167 cm³/mol. The number of nitrogens with zero attached hydrogens (tertiary/aromatic N) is 1. The molecule has 8 heteroatoms. The minimum atomic E-state index is -0.565. The van der Waals surface area contributed by atoms with Crippen LogP contribution in [0.5, 0.6) is 23.0 Å². The molecule has 5 aromatic carbocycles. The molecular formula is C37H29FN2O5. The lowest BCUT2D eigenvalue weighted by atomic mass is 9.83. The van der Waals surface area contributed by atoms with Crippen molar-refractivity contribution in [2.45, 2.75) is 25.9 Å². The van der Waals surface area contributed by atoms with Gasteiger partial charge in [-0.2, -0.15) is 5.26 Å². The van der Waals surface area contributed by atoms with Gasteiger partial charge in [-0.25, -0.2) is 4.39 Å². The van der Waals surface area contributed by atoms with E-state index in [0.29, 0.717) is 35.2 Å². The Labute approximate surface area is 259 Å². The van der Waals surface area contributed by atoms with Crippen LogP contribution < -0.4 is 24.7 Å². The lowest BCUT2D eigenvalue weighted by molar-refractivity contribution is -0.133. The molecule has 0 saturated carbocycles. The molecule has 0 saturated heterocycles. The van der Waals surface area contributed by atoms with Crippen LogP contribution in [-0.4, -0.2) is 12.6 Å². The van der Waals surface area contributed by atoms with E-state index in [2.05, 4.69) is 6.07 Å². The largest absolute Gasteiger partial charge is 0.490 e. The maximum atomic E-state index is 13.3. The van der Waals surface area contributed by atoms with Gasteiger partial charge in [0.05, 0.1) is 18.9 Å². The number of carbonyl (C=O) groups is 1. The number of fused-ring (bicyclic) bond motifs is 2. The highest BCUT2D eigenvalue weighted by atomic mass is 19.1. The maximum absolute atomic E-state index is 13.3. The van der Waals surface area contributed by atoms with Crippen LogP contribution in [0.3, 0.4) is 0 Å². The number of nitriles is 1. The molecule has 0 radical (unpaired) electrons. The average molecular weight is 601 g/mol. The molecule has 1 aliphatic rings. The standard InChI is InChI=1S/C37H29FN2O5/c1-2-42-34-18-26(12-17-32(34)43-22-23-10-13-27(38)14-11-23)36-30-16-15-28(20-33(30)45-37(40)31(36)21-39)44-35(41)19-25-8-5-7-24-6-3-4-9-29(24)25/h3-18,20,36H,2,19,22,40H2,1H3. The zero-order valence-corrected chi connectivity index (χ0v) is 24.5. The summed E-state index contributed by atoms with van der Waals surface area (Å²) in [7, 11) is 0. The van der Waals surface area contributed by atoms with Gasteiger partial charge < -0.3 is 24.7 Å². The van der Waals surface area contributed by atoms with Crippen molar-refractivity contribution in [3.05, 3.63) is 143 Å². The highest BCUT2D eigenvalue weighted by Crippen LogP contribution is 2.45. The van der Waals surface area contributed by atoms with Crippen LogP contribution in [0.1, 0.15) is 35.1 Å². The second kappa shape index (κ2) is 12.8. The Morgan fingerprint density at radius 2 is 1.73 bits per heavy atom. The van der Waals surface area contributed by atoms with Crippen molar-refractivity contribution in [3.8, 4) is 29.1 Å². The third-order valence-corrected chi connectivity index (χ3v) is 7.55. The fourth-order valence-corrected chi connectivity index (χ4v) is 5.45. The quantitative estimate of drug-likeness (QED) is 0.140. The fourth-order valence-electron chi connectivity index (χ4n) is 5.45. The van der Waals surface area contributed by atoms with Gasteiger partial charge in [0.2, 0.25) is 5.88 Å². The Morgan fingerprint density at radius 3 is 2.53 bits per heavy atom. The second-order valence-electron chi connectivity index (χ2n) is 10.5. The third-order valence-electron chi connectivity index (χ3n) is 7.55. The number of rotatable bonds is 9. The molecular weight excluding hydrogens is 571 g/mol. The highest BCUT2D eigenvalue weighted by molar-refractivity contribution is 5.89. The van der Waals surface area contributed by atoms with E-state index >= 15 is 0 Å². The first kappa shape index (κ1) is 29.3. The van der Waals surface area contributed by atoms with Gasteiger partial charge in [0, 0.05) is 11.6 Å².